The zero-order valence-electron chi connectivity index (χ0n) is 17.0. The van der Waals surface area contributed by atoms with Gasteiger partial charge in [-0.1, -0.05) is 0 Å². The highest BCUT2D eigenvalue weighted by Crippen LogP contribution is 2.11. The van der Waals surface area contributed by atoms with Gasteiger partial charge in [0, 0.05) is 5.75 Å². The first-order valence-corrected chi connectivity index (χ1v) is 9.78. The van der Waals surface area contributed by atoms with E-state index in [-0.39, 0.29) is 17.9 Å². The first-order valence-electron chi connectivity index (χ1n) is 8.63. The number of nitrogens with one attached hydrogen (secondary N) is 2. The molecule has 0 aromatic rings. The third kappa shape index (κ3) is 13.1. The number of carboxylic acid groups (broad SMARTS) is 2. The molecule has 0 saturated carbocycles. The van der Waals surface area contributed by atoms with Gasteiger partial charge in [0.1, 0.15) is 23.3 Å². The normalized spacial score (nSPS) is 13.8. The minimum Gasteiger partial charge on any atom is -0.480 e. The fraction of sp³-hybridized carbons (Fsp3) is 0.765. The Morgan fingerprint density at radius 2 is 1.21 bits per heavy atom. The van der Waals surface area contributed by atoms with E-state index in [1.807, 2.05) is 0 Å². The zero-order chi connectivity index (χ0) is 22.1. The lowest BCUT2D eigenvalue weighted by molar-refractivity contribution is -0.140. The number of amides is 2. The maximum atomic E-state index is 11.7. The van der Waals surface area contributed by atoms with Crippen molar-refractivity contribution < 1.29 is 38.9 Å². The summed E-state index contributed by atoms with van der Waals surface area (Å²) in [6, 6.07) is -2.37. The number of aliphatic carboxylic acids is 2. The number of ether oxygens (including phenoxy) is 2. The van der Waals surface area contributed by atoms with Crippen molar-refractivity contribution >= 4 is 35.9 Å². The second-order valence-electron chi connectivity index (χ2n) is 7.94. The molecule has 4 N–H and O–H groups in total. The van der Waals surface area contributed by atoms with E-state index in [4.69, 9.17) is 9.47 Å². The van der Waals surface area contributed by atoms with Gasteiger partial charge in [0.15, 0.2) is 0 Å². The van der Waals surface area contributed by atoms with Crippen LogP contribution >= 0.6 is 11.8 Å². The summed E-state index contributed by atoms with van der Waals surface area (Å²) in [7, 11) is 0. The molecule has 0 aliphatic rings. The quantitative estimate of drug-likeness (QED) is 0.409. The summed E-state index contributed by atoms with van der Waals surface area (Å²) in [6.07, 6.45) is -1.65. The van der Waals surface area contributed by atoms with Gasteiger partial charge in [0.2, 0.25) is 0 Å². The van der Waals surface area contributed by atoms with Crippen molar-refractivity contribution in [3.05, 3.63) is 0 Å². The van der Waals surface area contributed by atoms with Crippen LogP contribution in [0.1, 0.15) is 48.0 Å². The highest BCUT2D eigenvalue weighted by molar-refractivity contribution is 7.99. The summed E-state index contributed by atoms with van der Waals surface area (Å²) >= 11 is 1.13. The van der Waals surface area contributed by atoms with Crippen LogP contribution in [-0.4, -0.2) is 69.1 Å². The van der Waals surface area contributed by atoms with Gasteiger partial charge in [-0.25, -0.2) is 19.2 Å². The van der Waals surface area contributed by atoms with Crippen LogP contribution in [0.3, 0.4) is 0 Å². The van der Waals surface area contributed by atoms with Gasteiger partial charge in [-0.2, -0.15) is 11.8 Å². The number of carbonyl (C=O) groups is 4. The van der Waals surface area contributed by atoms with Crippen molar-refractivity contribution in [2.24, 2.45) is 0 Å². The monoisotopic (exact) mass is 422 g/mol. The van der Waals surface area contributed by atoms with Gasteiger partial charge in [0.05, 0.1) is 0 Å². The largest absolute Gasteiger partial charge is 0.480 e. The molecule has 0 fully saturated rings. The molecule has 0 bridgehead atoms. The molecule has 0 unspecified atom stereocenters. The summed E-state index contributed by atoms with van der Waals surface area (Å²) in [5.74, 6) is -2.21. The van der Waals surface area contributed by atoms with Crippen LogP contribution in [0.2, 0.25) is 0 Å². The molecule has 0 spiro atoms. The second kappa shape index (κ2) is 11.0. The number of hydrogen-bond donors (Lipinski definition) is 4. The predicted octanol–water partition coefficient (Wildman–Crippen LogP) is 2.07. The summed E-state index contributed by atoms with van der Waals surface area (Å²) < 4.78 is 10.0. The molecule has 0 heterocycles. The molecule has 0 aliphatic heterocycles. The molecule has 11 heteroatoms. The molecular formula is C17H30N2O8S. The van der Waals surface area contributed by atoms with E-state index in [1.165, 1.54) is 0 Å². The summed E-state index contributed by atoms with van der Waals surface area (Å²) in [5.41, 5.74) is -1.52. The molecule has 0 aromatic heterocycles. The van der Waals surface area contributed by atoms with Crippen LogP contribution in [0.4, 0.5) is 9.59 Å². The molecule has 2 atom stereocenters. The van der Waals surface area contributed by atoms with Gasteiger partial charge in [-0.15, -0.1) is 0 Å². The second-order valence-corrected chi connectivity index (χ2v) is 9.09. The van der Waals surface area contributed by atoms with E-state index in [1.54, 1.807) is 41.5 Å². The molecule has 2 amide bonds. The average molecular weight is 423 g/mol. The van der Waals surface area contributed by atoms with Crippen molar-refractivity contribution in [2.75, 3.05) is 11.5 Å². The number of carboxylic acids is 2. The van der Waals surface area contributed by atoms with E-state index in [2.05, 4.69) is 10.6 Å². The number of carbonyl (C=O) groups excluding carboxylic acids is 2. The Morgan fingerprint density at radius 1 is 0.821 bits per heavy atom. The van der Waals surface area contributed by atoms with Crippen molar-refractivity contribution in [3.8, 4) is 0 Å². The van der Waals surface area contributed by atoms with Gasteiger partial charge in [-0.3, -0.25) is 0 Å². The summed E-state index contributed by atoms with van der Waals surface area (Å²) in [4.78, 5) is 45.9. The molecule has 0 aliphatic carbocycles. The molecule has 28 heavy (non-hydrogen) atoms. The van der Waals surface area contributed by atoms with E-state index in [0.717, 1.165) is 11.8 Å². The van der Waals surface area contributed by atoms with Crippen molar-refractivity contribution in [1.29, 1.82) is 0 Å². The molecular weight excluding hydrogens is 392 g/mol. The Bertz CT molecular complexity index is 518. The van der Waals surface area contributed by atoms with Crippen LogP contribution in [0.5, 0.6) is 0 Å². The highest BCUT2D eigenvalue weighted by atomic mass is 32.2. The Morgan fingerprint density at radius 3 is 1.57 bits per heavy atom. The lowest BCUT2D eigenvalue weighted by atomic mass is 10.2. The minimum absolute atomic E-state index is 0.00729. The summed E-state index contributed by atoms with van der Waals surface area (Å²) in [5, 5.41) is 22.9. The Hall–Kier alpha value is -2.17. The number of thioether (sulfide) groups is 1. The average Bonchev–Trinajstić information content (AvgIpc) is 2.44. The zero-order valence-corrected chi connectivity index (χ0v) is 17.8. The fourth-order valence-electron chi connectivity index (χ4n) is 1.73. The standard InChI is InChI=1S/C17H30N2O8S/c1-16(2,3)26-14(24)18-10(12(20)21)7-8-28-9-11(13(22)23)19-15(25)27-17(4,5)6/h10-11H,7-9H2,1-6H3,(H,18,24)(H,19,25)(H,20,21)(H,22,23)/t10-,11-/m1/s1. The van der Waals surface area contributed by atoms with Gasteiger partial charge < -0.3 is 30.3 Å². The predicted molar refractivity (Wildman–Crippen MR) is 104 cm³/mol. The van der Waals surface area contributed by atoms with Crippen LogP contribution in [0.25, 0.3) is 0 Å². The molecule has 0 rings (SSSR count). The number of alkyl carbamates (subject to hydrolysis) is 2. The van der Waals surface area contributed by atoms with Gasteiger partial charge >= 0.3 is 24.1 Å². The smallest absolute Gasteiger partial charge is 0.408 e. The maximum Gasteiger partial charge on any atom is 0.408 e. The highest BCUT2D eigenvalue weighted by Gasteiger charge is 2.26. The van der Waals surface area contributed by atoms with Gasteiger partial charge in [0.25, 0.3) is 0 Å². The van der Waals surface area contributed by atoms with Crippen LogP contribution in [0, 0.1) is 0 Å². The van der Waals surface area contributed by atoms with Crippen molar-refractivity contribution in [1.82, 2.24) is 10.6 Å². The molecule has 162 valence electrons. The Balaban J connectivity index is 4.51. The Labute approximate surface area is 168 Å². The lowest BCUT2D eigenvalue weighted by Gasteiger charge is -2.22. The topological polar surface area (TPSA) is 151 Å². The number of rotatable bonds is 9. The molecule has 0 radical (unpaired) electrons. The minimum atomic E-state index is -1.24. The fourth-order valence-corrected chi connectivity index (χ4v) is 2.76. The third-order valence-corrected chi connectivity index (χ3v) is 3.91. The number of hydrogen-bond acceptors (Lipinski definition) is 7. The van der Waals surface area contributed by atoms with E-state index >= 15 is 0 Å². The van der Waals surface area contributed by atoms with Crippen molar-refractivity contribution in [2.45, 2.75) is 71.2 Å². The maximum absolute atomic E-state index is 11.7. The van der Waals surface area contributed by atoms with Gasteiger partial charge in [-0.05, 0) is 53.7 Å². The van der Waals surface area contributed by atoms with Crippen molar-refractivity contribution in [3.63, 3.8) is 0 Å². The first-order chi connectivity index (χ1) is 12.6. The lowest BCUT2D eigenvalue weighted by Crippen LogP contribution is -2.45. The summed E-state index contributed by atoms with van der Waals surface area (Å²) in [6.45, 7) is 9.92. The van der Waals surface area contributed by atoms with Crippen LogP contribution in [0.15, 0.2) is 0 Å². The molecule has 0 saturated heterocycles. The SMILES string of the molecule is CC(C)(C)OC(=O)N[C@H](CCSC[C@@H](NC(=O)OC(C)(C)C)C(=O)O)C(=O)O. The third-order valence-electron chi connectivity index (χ3n) is 2.81. The molecule has 0 aromatic carbocycles. The van der Waals surface area contributed by atoms with E-state index in [0.29, 0.717) is 0 Å². The molecule has 10 nitrogen and oxygen atoms in total. The van der Waals surface area contributed by atoms with E-state index in [9.17, 15) is 29.4 Å². The van der Waals surface area contributed by atoms with Crippen LogP contribution in [-0.2, 0) is 19.1 Å². The first kappa shape index (κ1) is 25.8. The Kier molecular flexibility index (Phi) is 10.1. The van der Waals surface area contributed by atoms with Crippen LogP contribution < -0.4 is 10.6 Å². The van der Waals surface area contributed by atoms with E-state index < -0.39 is 47.4 Å².